The van der Waals surface area contributed by atoms with Gasteiger partial charge in [0.05, 0.1) is 18.6 Å². The topological polar surface area (TPSA) is 98.5 Å². The quantitative estimate of drug-likeness (QED) is 0.375. The Balaban J connectivity index is 1.66. The van der Waals surface area contributed by atoms with E-state index in [9.17, 15) is 24.8 Å². The molecule has 5 aliphatic carbocycles. The van der Waals surface area contributed by atoms with Crippen molar-refractivity contribution in [2.45, 2.75) is 93.4 Å². The van der Waals surface area contributed by atoms with Gasteiger partial charge in [0.15, 0.2) is 17.8 Å². The Hall–Kier alpha value is -2.26. The number of rotatable bonds is 3. The van der Waals surface area contributed by atoms with Gasteiger partial charge in [0.1, 0.15) is 0 Å². The molecule has 1 amide bonds. The second-order valence-corrected chi connectivity index (χ2v) is 15.4. The van der Waals surface area contributed by atoms with Crippen molar-refractivity contribution in [3.05, 3.63) is 23.8 Å². The Labute approximate surface area is 233 Å². The van der Waals surface area contributed by atoms with Gasteiger partial charge in [-0.1, -0.05) is 60.1 Å². The molecule has 0 bridgehead atoms. The summed E-state index contributed by atoms with van der Waals surface area (Å²) in [6.45, 7) is 15.2. The molecule has 0 radical (unpaired) electrons. The Bertz CT molecular complexity index is 1220. The van der Waals surface area contributed by atoms with Crippen LogP contribution in [0.4, 0.5) is 0 Å². The van der Waals surface area contributed by atoms with Crippen molar-refractivity contribution < 1.29 is 19.5 Å². The Morgan fingerprint density at radius 2 is 1.72 bits per heavy atom. The molecule has 5 rings (SSSR count). The lowest BCUT2D eigenvalue weighted by atomic mass is 9.34. The molecule has 6 nitrogen and oxygen atoms in total. The molecule has 212 valence electrons. The van der Waals surface area contributed by atoms with Crippen molar-refractivity contribution >= 4 is 17.5 Å². The third-order valence-corrected chi connectivity index (χ3v) is 12.8. The van der Waals surface area contributed by atoms with Crippen molar-refractivity contribution in [1.82, 2.24) is 4.90 Å². The minimum atomic E-state index is -0.762. The van der Waals surface area contributed by atoms with Crippen molar-refractivity contribution in [3.8, 4) is 6.19 Å². The van der Waals surface area contributed by atoms with E-state index in [4.69, 9.17) is 0 Å². The van der Waals surface area contributed by atoms with Gasteiger partial charge in [-0.3, -0.25) is 14.4 Å². The number of fused-ring (bicyclic) bond motifs is 7. The monoisotopic (exact) mass is 534 g/mol. The molecule has 0 heterocycles. The van der Waals surface area contributed by atoms with Crippen LogP contribution in [0.15, 0.2) is 23.8 Å². The van der Waals surface area contributed by atoms with Crippen LogP contribution in [0.5, 0.6) is 0 Å². The molecule has 0 aliphatic heterocycles. The fourth-order valence-corrected chi connectivity index (χ4v) is 10.3. The van der Waals surface area contributed by atoms with Crippen molar-refractivity contribution in [1.29, 1.82) is 5.26 Å². The maximum atomic E-state index is 14.5. The SMILES string of the molecule is CC1(C)CCC2(C(=O)N(C#N)CCO)CCC3(C)C(C(=O)C=C4C5(C)C=CC(=O)C(C)(C)C5CCC43C)C2C1. The van der Waals surface area contributed by atoms with Gasteiger partial charge >= 0.3 is 0 Å². The first kappa shape index (κ1) is 28.3. The summed E-state index contributed by atoms with van der Waals surface area (Å²) in [5.74, 6) is -0.262. The molecule has 0 spiro atoms. The lowest BCUT2D eigenvalue weighted by molar-refractivity contribution is -0.182. The third kappa shape index (κ3) is 3.57. The Kier molecular flexibility index (Phi) is 6.25. The number of ketones is 2. The maximum absolute atomic E-state index is 14.5. The molecule has 0 aromatic heterocycles. The summed E-state index contributed by atoms with van der Waals surface area (Å²) in [5, 5.41) is 19.4. The average Bonchev–Trinajstić information content (AvgIpc) is 2.86. The standard InChI is InChI=1S/C33H46N2O4/c1-28(2)12-14-33(27(39)35(20-34)16-17-36)15-13-32(7)26(21(33)19-28)22(37)18-24-30(5)10-9-25(38)29(3,4)23(30)8-11-31(24,32)6/h9-10,18,21,23,26,36H,8,11-17,19H2,1-7H3. The van der Waals surface area contributed by atoms with Gasteiger partial charge in [-0.15, -0.1) is 0 Å². The molecular formula is C33H46N2O4. The molecular weight excluding hydrogens is 488 g/mol. The highest BCUT2D eigenvalue weighted by Crippen LogP contribution is 2.74. The van der Waals surface area contributed by atoms with E-state index in [-0.39, 0.29) is 70.0 Å². The van der Waals surface area contributed by atoms with Gasteiger partial charge in [0.25, 0.3) is 0 Å². The number of nitrogens with zero attached hydrogens (tertiary/aromatic N) is 2. The second-order valence-electron chi connectivity index (χ2n) is 15.4. The number of carbonyl (C=O) groups excluding carboxylic acids is 3. The van der Waals surface area contributed by atoms with Crippen LogP contribution in [0.25, 0.3) is 0 Å². The summed E-state index contributed by atoms with van der Waals surface area (Å²) >= 11 is 0. The highest BCUT2D eigenvalue weighted by molar-refractivity contribution is 5.98. The summed E-state index contributed by atoms with van der Waals surface area (Å²) in [4.78, 5) is 42.6. The molecule has 5 aliphatic rings. The van der Waals surface area contributed by atoms with Crippen LogP contribution in [0.1, 0.15) is 93.4 Å². The maximum Gasteiger partial charge on any atom is 0.242 e. The smallest absolute Gasteiger partial charge is 0.242 e. The second kappa shape index (κ2) is 8.62. The molecule has 0 aromatic carbocycles. The van der Waals surface area contributed by atoms with E-state index in [1.165, 1.54) is 5.57 Å². The van der Waals surface area contributed by atoms with Gasteiger partial charge in [0.2, 0.25) is 5.91 Å². The number of allylic oxidation sites excluding steroid dienone is 4. The van der Waals surface area contributed by atoms with Crippen LogP contribution in [0, 0.1) is 61.7 Å². The number of carbonyl (C=O) groups is 3. The Morgan fingerprint density at radius 1 is 1.05 bits per heavy atom. The predicted molar refractivity (Wildman–Crippen MR) is 149 cm³/mol. The molecule has 7 unspecified atom stereocenters. The number of aliphatic hydroxyl groups is 1. The number of hydrogen-bond donors (Lipinski definition) is 1. The van der Waals surface area contributed by atoms with Crippen LogP contribution >= 0.6 is 0 Å². The number of hydrogen-bond acceptors (Lipinski definition) is 5. The first-order valence-electron chi connectivity index (χ1n) is 14.9. The van der Waals surface area contributed by atoms with E-state index < -0.39 is 10.8 Å². The van der Waals surface area contributed by atoms with Crippen molar-refractivity contribution in [2.24, 2.45) is 50.2 Å². The van der Waals surface area contributed by atoms with Gasteiger partial charge in [-0.2, -0.15) is 5.26 Å². The van der Waals surface area contributed by atoms with Crippen LogP contribution in [-0.2, 0) is 14.4 Å². The molecule has 7 atom stereocenters. The van der Waals surface area contributed by atoms with E-state index in [0.29, 0.717) is 12.8 Å². The van der Waals surface area contributed by atoms with Crippen LogP contribution < -0.4 is 0 Å². The van der Waals surface area contributed by atoms with E-state index in [2.05, 4.69) is 54.5 Å². The fourth-order valence-electron chi connectivity index (χ4n) is 10.3. The minimum absolute atomic E-state index is 0.00748. The van der Waals surface area contributed by atoms with Crippen molar-refractivity contribution in [3.63, 3.8) is 0 Å². The van der Waals surface area contributed by atoms with Gasteiger partial charge in [0, 0.05) is 16.7 Å². The van der Waals surface area contributed by atoms with Crippen LogP contribution in [-0.4, -0.2) is 40.6 Å². The van der Waals surface area contributed by atoms with Crippen LogP contribution in [0.3, 0.4) is 0 Å². The Morgan fingerprint density at radius 3 is 2.36 bits per heavy atom. The van der Waals surface area contributed by atoms with E-state index >= 15 is 0 Å². The first-order chi connectivity index (χ1) is 18.0. The largest absolute Gasteiger partial charge is 0.394 e. The number of aliphatic hydroxyl groups excluding tert-OH is 1. The van der Waals surface area contributed by atoms with Gasteiger partial charge < -0.3 is 5.11 Å². The molecule has 0 saturated heterocycles. The minimum Gasteiger partial charge on any atom is -0.394 e. The van der Waals surface area contributed by atoms with Crippen LogP contribution in [0.2, 0.25) is 0 Å². The predicted octanol–water partition coefficient (Wildman–Crippen LogP) is 5.61. The van der Waals surface area contributed by atoms with E-state index in [0.717, 1.165) is 37.0 Å². The summed E-state index contributed by atoms with van der Waals surface area (Å²) < 4.78 is 0. The summed E-state index contributed by atoms with van der Waals surface area (Å²) in [7, 11) is 0. The number of nitriles is 1. The van der Waals surface area contributed by atoms with Crippen molar-refractivity contribution in [2.75, 3.05) is 13.2 Å². The van der Waals surface area contributed by atoms with Gasteiger partial charge in [-0.05, 0) is 85.2 Å². The first-order valence-corrected chi connectivity index (χ1v) is 14.9. The normalized spacial score (nSPS) is 43.7. The average molecular weight is 535 g/mol. The zero-order chi connectivity index (χ0) is 28.8. The molecule has 6 heteroatoms. The highest BCUT2D eigenvalue weighted by atomic mass is 16.3. The van der Waals surface area contributed by atoms with E-state index in [1.807, 2.05) is 12.3 Å². The lowest BCUT2D eigenvalue weighted by Gasteiger charge is -2.69. The summed E-state index contributed by atoms with van der Waals surface area (Å²) in [5.41, 5.74) is -1.04. The summed E-state index contributed by atoms with van der Waals surface area (Å²) in [6.07, 6.45) is 13.3. The molecule has 39 heavy (non-hydrogen) atoms. The van der Waals surface area contributed by atoms with E-state index in [1.54, 1.807) is 6.08 Å². The summed E-state index contributed by atoms with van der Waals surface area (Å²) in [6, 6.07) is 0. The number of amides is 1. The third-order valence-electron chi connectivity index (χ3n) is 12.8. The fraction of sp³-hybridized carbons (Fsp3) is 0.758. The lowest BCUT2D eigenvalue weighted by Crippen LogP contribution is -2.66. The van der Waals surface area contributed by atoms with Gasteiger partial charge in [-0.25, -0.2) is 4.90 Å². The zero-order valence-electron chi connectivity index (χ0n) is 24.9. The molecule has 3 fully saturated rings. The molecule has 0 aromatic rings. The molecule has 1 N–H and O–H groups in total. The highest BCUT2D eigenvalue weighted by Gasteiger charge is 2.70. The molecule has 3 saturated carbocycles. The zero-order valence-corrected chi connectivity index (χ0v) is 24.9.